The molecule has 0 saturated heterocycles. The standard InChI is InChI=1S/C25H26FN5O3S/c1-25(24(34)28-13-16-4-6-17(26)7-5-16)14-30-15-29-20(21(30)23(33)31(25)18-8-9-18)22(32)27-11-10-19-3-2-12-35-19/h2-7,12,15,18H,8-11,13-14H2,1H3,(H,27,32)(H,28,34)/t25-/m0/s1. The molecule has 1 atom stereocenters. The summed E-state index contributed by atoms with van der Waals surface area (Å²) in [5, 5.41) is 7.74. The molecule has 0 radical (unpaired) electrons. The van der Waals surface area contributed by atoms with Crippen LogP contribution in [0.15, 0.2) is 48.1 Å². The molecule has 2 aliphatic rings. The van der Waals surface area contributed by atoms with Gasteiger partial charge in [-0.15, -0.1) is 11.3 Å². The van der Waals surface area contributed by atoms with E-state index in [1.54, 1.807) is 39.9 Å². The summed E-state index contributed by atoms with van der Waals surface area (Å²) in [6.07, 6.45) is 3.77. The van der Waals surface area contributed by atoms with Crippen molar-refractivity contribution in [1.82, 2.24) is 25.1 Å². The maximum atomic E-state index is 13.6. The largest absolute Gasteiger partial charge is 0.350 e. The summed E-state index contributed by atoms with van der Waals surface area (Å²) in [5.41, 5.74) is -0.0814. The Bertz CT molecular complexity index is 1250. The number of hydrogen-bond acceptors (Lipinski definition) is 5. The fourth-order valence-corrected chi connectivity index (χ4v) is 5.24. The highest BCUT2D eigenvalue weighted by Crippen LogP contribution is 2.38. The normalized spacial score (nSPS) is 19.4. The number of fused-ring (bicyclic) bond motifs is 1. The van der Waals surface area contributed by atoms with Crippen molar-refractivity contribution in [2.45, 2.75) is 50.9 Å². The van der Waals surface area contributed by atoms with Crippen molar-refractivity contribution in [2.24, 2.45) is 0 Å². The number of carbonyl (C=O) groups is 3. The van der Waals surface area contributed by atoms with Crippen LogP contribution in [0.25, 0.3) is 0 Å². The quantitative estimate of drug-likeness (QED) is 0.502. The van der Waals surface area contributed by atoms with Crippen LogP contribution >= 0.6 is 11.3 Å². The van der Waals surface area contributed by atoms with E-state index >= 15 is 0 Å². The average Bonchev–Trinajstić information content (AvgIpc) is 3.35. The lowest BCUT2D eigenvalue weighted by molar-refractivity contribution is -0.133. The lowest BCUT2D eigenvalue weighted by atomic mass is 9.93. The Hall–Kier alpha value is -3.53. The Balaban J connectivity index is 1.33. The van der Waals surface area contributed by atoms with E-state index in [9.17, 15) is 18.8 Å². The van der Waals surface area contributed by atoms with Crippen LogP contribution in [0.1, 0.15) is 51.2 Å². The van der Waals surface area contributed by atoms with Crippen molar-refractivity contribution in [2.75, 3.05) is 6.54 Å². The Morgan fingerprint density at radius 3 is 2.66 bits per heavy atom. The van der Waals surface area contributed by atoms with Gasteiger partial charge in [-0.25, -0.2) is 9.37 Å². The SMILES string of the molecule is C[C@@]1(C(=O)NCc2ccc(F)cc2)Cn2cnc(C(=O)NCCc3cccs3)c2C(=O)N1C1CC1. The number of benzene rings is 1. The summed E-state index contributed by atoms with van der Waals surface area (Å²) in [6, 6.07) is 9.82. The van der Waals surface area contributed by atoms with Crippen molar-refractivity contribution in [3.8, 4) is 0 Å². The summed E-state index contributed by atoms with van der Waals surface area (Å²) in [7, 11) is 0. The van der Waals surface area contributed by atoms with Gasteiger partial charge in [0.05, 0.1) is 12.9 Å². The molecule has 3 aromatic rings. The predicted molar refractivity (Wildman–Crippen MR) is 128 cm³/mol. The maximum absolute atomic E-state index is 13.6. The van der Waals surface area contributed by atoms with E-state index in [4.69, 9.17) is 0 Å². The van der Waals surface area contributed by atoms with Crippen LogP contribution in [0, 0.1) is 5.82 Å². The predicted octanol–water partition coefficient (Wildman–Crippen LogP) is 2.75. The van der Waals surface area contributed by atoms with Crippen LogP contribution in [0.5, 0.6) is 0 Å². The van der Waals surface area contributed by atoms with Crippen LogP contribution in [0.3, 0.4) is 0 Å². The van der Waals surface area contributed by atoms with Crippen LogP contribution in [-0.2, 0) is 24.3 Å². The van der Waals surface area contributed by atoms with Gasteiger partial charge in [0.15, 0.2) is 5.69 Å². The number of imidazole rings is 1. The fourth-order valence-electron chi connectivity index (χ4n) is 4.53. The molecule has 2 N–H and O–H groups in total. The lowest BCUT2D eigenvalue weighted by Crippen LogP contribution is -2.64. The molecule has 0 spiro atoms. The smallest absolute Gasteiger partial charge is 0.274 e. The van der Waals surface area contributed by atoms with Gasteiger partial charge in [-0.2, -0.15) is 0 Å². The van der Waals surface area contributed by atoms with Gasteiger partial charge in [-0.3, -0.25) is 14.4 Å². The van der Waals surface area contributed by atoms with E-state index in [0.29, 0.717) is 13.0 Å². The van der Waals surface area contributed by atoms with E-state index in [1.165, 1.54) is 18.5 Å². The maximum Gasteiger partial charge on any atom is 0.274 e. The van der Waals surface area contributed by atoms with Crippen LogP contribution in [0.2, 0.25) is 0 Å². The minimum Gasteiger partial charge on any atom is -0.350 e. The van der Waals surface area contributed by atoms with E-state index in [0.717, 1.165) is 23.3 Å². The summed E-state index contributed by atoms with van der Waals surface area (Å²) in [4.78, 5) is 46.9. The molecular weight excluding hydrogens is 469 g/mol. The monoisotopic (exact) mass is 495 g/mol. The molecule has 3 amide bonds. The van der Waals surface area contributed by atoms with Gasteiger partial charge in [0, 0.05) is 24.0 Å². The number of nitrogens with zero attached hydrogens (tertiary/aromatic N) is 3. The number of thiophene rings is 1. The second-order valence-corrected chi connectivity index (χ2v) is 10.2. The van der Waals surface area contributed by atoms with Gasteiger partial charge in [0.25, 0.3) is 11.8 Å². The highest BCUT2D eigenvalue weighted by atomic mass is 32.1. The molecule has 8 nitrogen and oxygen atoms in total. The number of hydrogen-bond donors (Lipinski definition) is 2. The fraction of sp³-hybridized carbons (Fsp3) is 0.360. The number of amides is 3. The zero-order valence-electron chi connectivity index (χ0n) is 19.3. The zero-order valence-corrected chi connectivity index (χ0v) is 20.1. The first-order valence-corrected chi connectivity index (χ1v) is 12.5. The Kier molecular flexibility index (Phi) is 6.14. The molecule has 35 heavy (non-hydrogen) atoms. The van der Waals surface area contributed by atoms with Crippen molar-refractivity contribution >= 4 is 29.1 Å². The number of halogens is 1. The van der Waals surface area contributed by atoms with Gasteiger partial charge in [-0.1, -0.05) is 18.2 Å². The first-order valence-electron chi connectivity index (χ1n) is 11.6. The van der Waals surface area contributed by atoms with Crippen molar-refractivity contribution in [3.63, 3.8) is 0 Å². The van der Waals surface area contributed by atoms with Gasteiger partial charge in [-0.05, 0) is 55.3 Å². The van der Waals surface area contributed by atoms with Crippen molar-refractivity contribution in [1.29, 1.82) is 0 Å². The van der Waals surface area contributed by atoms with Crippen LogP contribution in [-0.4, -0.2) is 50.3 Å². The second-order valence-electron chi connectivity index (χ2n) is 9.14. The molecule has 182 valence electrons. The molecule has 2 aromatic heterocycles. The number of carbonyl (C=O) groups excluding carboxylic acids is 3. The molecule has 10 heteroatoms. The lowest BCUT2D eigenvalue weighted by Gasteiger charge is -2.44. The zero-order chi connectivity index (χ0) is 24.6. The highest BCUT2D eigenvalue weighted by molar-refractivity contribution is 7.09. The molecule has 1 saturated carbocycles. The van der Waals surface area contributed by atoms with E-state index in [1.807, 2.05) is 17.5 Å². The first-order chi connectivity index (χ1) is 16.9. The highest BCUT2D eigenvalue weighted by Gasteiger charge is 2.53. The summed E-state index contributed by atoms with van der Waals surface area (Å²) >= 11 is 1.62. The molecule has 3 heterocycles. The number of rotatable bonds is 8. The van der Waals surface area contributed by atoms with Gasteiger partial charge in [0.1, 0.15) is 17.1 Å². The van der Waals surface area contributed by atoms with Crippen molar-refractivity contribution in [3.05, 3.63) is 75.8 Å². The minimum absolute atomic E-state index is 0.0533. The third-order valence-electron chi connectivity index (χ3n) is 6.49. The average molecular weight is 496 g/mol. The molecule has 1 aromatic carbocycles. The van der Waals surface area contributed by atoms with E-state index < -0.39 is 11.4 Å². The molecule has 1 aliphatic heterocycles. The number of aromatic nitrogens is 2. The number of nitrogens with one attached hydrogen (secondary N) is 2. The van der Waals surface area contributed by atoms with Crippen LogP contribution < -0.4 is 10.6 Å². The summed E-state index contributed by atoms with van der Waals surface area (Å²) in [5.74, 6) is -1.41. The Morgan fingerprint density at radius 1 is 1.20 bits per heavy atom. The molecule has 1 fully saturated rings. The molecular formula is C25H26FN5O3S. The molecule has 1 aliphatic carbocycles. The van der Waals surface area contributed by atoms with Gasteiger partial charge >= 0.3 is 0 Å². The topological polar surface area (TPSA) is 96.3 Å². The Morgan fingerprint density at radius 2 is 1.97 bits per heavy atom. The minimum atomic E-state index is -1.14. The van der Waals surface area contributed by atoms with Crippen molar-refractivity contribution < 1.29 is 18.8 Å². The summed E-state index contributed by atoms with van der Waals surface area (Å²) in [6.45, 7) is 2.59. The van der Waals surface area contributed by atoms with E-state index in [-0.39, 0.29) is 48.2 Å². The Labute approximate surface area is 206 Å². The summed E-state index contributed by atoms with van der Waals surface area (Å²) < 4.78 is 14.8. The van der Waals surface area contributed by atoms with Crippen LogP contribution in [0.4, 0.5) is 4.39 Å². The molecule has 0 unspecified atom stereocenters. The van der Waals surface area contributed by atoms with E-state index in [2.05, 4.69) is 15.6 Å². The third kappa shape index (κ3) is 4.58. The van der Waals surface area contributed by atoms with Gasteiger partial charge < -0.3 is 20.1 Å². The van der Waals surface area contributed by atoms with Gasteiger partial charge in [0.2, 0.25) is 5.91 Å². The first kappa shape index (κ1) is 23.2. The molecule has 5 rings (SSSR count). The third-order valence-corrected chi connectivity index (χ3v) is 7.42. The second kappa shape index (κ2) is 9.26. The molecule has 0 bridgehead atoms.